The second-order valence-electron chi connectivity index (χ2n) is 4.65. The van der Waals surface area contributed by atoms with Gasteiger partial charge in [-0.15, -0.1) is 0 Å². The van der Waals surface area contributed by atoms with Gasteiger partial charge in [0.1, 0.15) is 5.82 Å². The molecule has 0 radical (unpaired) electrons. The van der Waals surface area contributed by atoms with Crippen molar-refractivity contribution in [2.75, 3.05) is 17.7 Å². The third-order valence-corrected chi connectivity index (χ3v) is 3.17. The molecule has 4 N–H and O–H groups in total. The minimum absolute atomic E-state index is 0.0380. The van der Waals surface area contributed by atoms with Crippen molar-refractivity contribution in [3.05, 3.63) is 53.3 Å². The first kappa shape index (κ1) is 13.9. The lowest BCUT2D eigenvalue weighted by Crippen LogP contribution is -2.17. The van der Waals surface area contributed by atoms with Gasteiger partial charge in [0.2, 0.25) is 0 Å². The first-order valence-corrected chi connectivity index (χ1v) is 6.09. The molecule has 0 atom stereocenters. The fraction of sp³-hybridized carbons (Fsp3) is 0.133. The first-order valence-electron chi connectivity index (χ1n) is 6.09. The number of aryl methyl sites for hydroxylation is 1. The number of nitrogens with zero attached hydrogens (tertiary/aromatic N) is 1. The highest BCUT2D eigenvalue weighted by atomic mass is 19.1. The number of hydrogen-bond donors (Lipinski definition) is 2. The molecule has 0 aromatic heterocycles. The zero-order chi connectivity index (χ0) is 14.9. The maximum atomic E-state index is 14.0. The Bertz CT molecular complexity index is 653. The third-order valence-electron chi connectivity index (χ3n) is 3.17. The van der Waals surface area contributed by atoms with Gasteiger partial charge in [0.15, 0.2) is 0 Å². The van der Waals surface area contributed by atoms with Crippen LogP contribution in [-0.2, 0) is 0 Å². The molecule has 5 heteroatoms. The molecule has 2 aromatic carbocycles. The number of benzene rings is 2. The Kier molecular flexibility index (Phi) is 3.61. The van der Waals surface area contributed by atoms with Gasteiger partial charge < -0.3 is 16.4 Å². The maximum Gasteiger partial charge on any atom is 0.250 e. The van der Waals surface area contributed by atoms with E-state index in [-0.39, 0.29) is 16.9 Å². The maximum absolute atomic E-state index is 14.0. The summed E-state index contributed by atoms with van der Waals surface area (Å²) in [6.45, 7) is 1.97. The van der Waals surface area contributed by atoms with Crippen molar-refractivity contribution in [1.29, 1.82) is 0 Å². The molecule has 2 aromatic rings. The summed E-state index contributed by atoms with van der Waals surface area (Å²) in [7, 11) is 1.71. The van der Waals surface area contributed by atoms with E-state index in [1.54, 1.807) is 11.9 Å². The number of halogens is 1. The monoisotopic (exact) mass is 273 g/mol. The largest absolute Gasteiger partial charge is 0.398 e. The molecule has 0 unspecified atom stereocenters. The van der Waals surface area contributed by atoms with E-state index in [1.807, 2.05) is 31.2 Å². The van der Waals surface area contributed by atoms with Crippen LogP contribution in [0.15, 0.2) is 36.4 Å². The highest BCUT2D eigenvalue weighted by Gasteiger charge is 2.15. The van der Waals surface area contributed by atoms with Crippen LogP contribution in [0.25, 0.3) is 0 Å². The van der Waals surface area contributed by atoms with Gasteiger partial charge in [0, 0.05) is 18.4 Å². The van der Waals surface area contributed by atoms with Gasteiger partial charge in [-0.05, 0) is 31.2 Å². The van der Waals surface area contributed by atoms with Crippen LogP contribution in [0.4, 0.5) is 21.5 Å². The van der Waals surface area contributed by atoms with Crippen LogP contribution in [-0.4, -0.2) is 13.0 Å². The molecule has 0 spiro atoms. The number of nitrogens with two attached hydrogens (primary N) is 2. The number of amides is 1. The fourth-order valence-electron chi connectivity index (χ4n) is 1.96. The highest BCUT2D eigenvalue weighted by Crippen LogP contribution is 2.29. The fourth-order valence-corrected chi connectivity index (χ4v) is 1.96. The van der Waals surface area contributed by atoms with E-state index in [9.17, 15) is 9.18 Å². The number of anilines is 3. The second-order valence-corrected chi connectivity index (χ2v) is 4.65. The normalized spacial score (nSPS) is 10.3. The van der Waals surface area contributed by atoms with Gasteiger partial charge >= 0.3 is 0 Å². The number of carbonyl (C=O) groups is 1. The van der Waals surface area contributed by atoms with Crippen LogP contribution in [0.1, 0.15) is 15.9 Å². The van der Waals surface area contributed by atoms with Crippen molar-refractivity contribution in [2.24, 2.45) is 5.73 Å². The van der Waals surface area contributed by atoms with Crippen molar-refractivity contribution in [1.82, 2.24) is 0 Å². The molecule has 1 amide bonds. The molecular weight excluding hydrogens is 257 g/mol. The van der Waals surface area contributed by atoms with E-state index in [0.717, 1.165) is 17.3 Å². The predicted octanol–water partition coefficient (Wildman–Crippen LogP) is 2.58. The predicted molar refractivity (Wildman–Crippen MR) is 78.6 cm³/mol. The van der Waals surface area contributed by atoms with E-state index < -0.39 is 11.7 Å². The molecule has 20 heavy (non-hydrogen) atoms. The van der Waals surface area contributed by atoms with Gasteiger partial charge in [-0.1, -0.05) is 17.7 Å². The van der Waals surface area contributed by atoms with Crippen molar-refractivity contribution < 1.29 is 9.18 Å². The van der Waals surface area contributed by atoms with E-state index in [4.69, 9.17) is 11.5 Å². The summed E-state index contributed by atoms with van der Waals surface area (Å²) in [4.78, 5) is 12.9. The highest BCUT2D eigenvalue weighted by molar-refractivity contribution is 5.99. The molecule has 104 valence electrons. The average molecular weight is 273 g/mol. The van der Waals surface area contributed by atoms with Crippen LogP contribution in [0.5, 0.6) is 0 Å². The van der Waals surface area contributed by atoms with E-state index >= 15 is 0 Å². The smallest absolute Gasteiger partial charge is 0.250 e. The number of nitrogen functional groups attached to an aromatic ring is 1. The lowest BCUT2D eigenvalue weighted by molar-refractivity contribution is 0.100. The van der Waals surface area contributed by atoms with Crippen LogP contribution < -0.4 is 16.4 Å². The van der Waals surface area contributed by atoms with Crippen molar-refractivity contribution in [3.8, 4) is 0 Å². The molecule has 0 aliphatic carbocycles. The zero-order valence-electron chi connectivity index (χ0n) is 11.4. The van der Waals surface area contributed by atoms with Crippen LogP contribution in [0.2, 0.25) is 0 Å². The van der Waals surface area contributed by atoms with Crippen LogP contribution >= 0.6 is 0 Å². The molecule has 0 heterocycles. The summed E-state index contributed by atoms with van der Waals surface area (Å²) >= 11 is 0. The Morgan fingerprint density at radius 2 is 1.80 bits per heavy atom. The summed E-state index contributed by atoms with van der Waals surface area (Å²) < 4.78 is 14.0. The SMILES string of the molecule is Cc1ccc(N(C)c2cc(C(N)=O)c(N)cc2F)cc1. The quantitative estimate of drug-likeness (QED) is 0.844. The van der Waals surface area contributed by atoms with Gasteiger partial charge in [-0.25, -0.2) is 4.39 Å². The summed E-state index contributed by atoms with van der Waals surface area (Å²) in [5.74, 6) is -1.18. The molecule has 0 bridgehead atoms. The molecule has 0 aliphatic rings. The van der Waals surface area contributed by atoms with E-state index in [2.05, 4.69) is 0 Å². The van der Waals surface area contributed by atoms with E-state index in [0.29, 0.717) is 0 Å². The molecule has 4 nitrogen and oxygen atoms in total. The topological polar surface area (TPSA) is 72.3 Å². The zero-order valence-corrected chi connectivity index (χ0v) is 11.4. The first-order chi connectivity index (χ1) is 9.40. The molecule has 0 saturated carbocycles. The summed E-state index contributed by atoms with van der Waals surface area (Å²) in [6, 6.07) is 10.1. The summed E-state index contributed by atoms with van der Waals surface area (Å²) in [6.07, 6.45) is 0. The van der Waals surface area contributed by atoms with Gasteiger partial charge in [0.05, 0.1) is 11.3 Å². The Morgan fingerprint density at radius 3 is 2.35 bits per heavy atom. The lowest BCUT2D eigenvalue weighted by atomic mass is 10.1. The molecule has 0 aliphatic heterocycles. The van der Waals surface area contributed by atoms with Gasteiger partial charge in [-0.3, -0.25) is 4.79 Å². The Labute approximate surface area is 116 Å². The average Bonchev–Trinajstić information content (AvgIpc) is 2.38. The standard InChI is InChI=1S/C15H16FN3O/c1-9-3-5-10(6-4-9)19(2)14-7-11(15(18)20)13(17)8-12(14)16/h3-8H,17H2,1-2H3,(H2,18,20). The van der Waals surface area contributed by atoms with Gasteiger partial charge in [0.25, 0.3) is 5.91 Å². The Balaban J connectivity index is 2.48. The van der Waals surface area contributed by atoms with Crippen molar-refractivity contribution in [2.45, 2.75) is 6.92 Å². The van der Waals surface area contributed by atoms with Crippen LogP contribution in [0.3, 0.4) is 0 Å². The number of carbonyl (C=O) groups excluding carboxylic acids is 1. The molecular formula is C15H16FN3O. The van der Waals surface area contributed by atoms with E-state index in [1.165, 1.54) is 6.07 Å². The van der Waals surface area contributed by atoms with Crippen LogP contribution in [0, 0.1) is 12.7 Å². The second kappa shape index (κ2) is 5.21. The molecule has 0 fully saturated rings. The lowest BCUT2D eigenvalue weighted by Gasteiger charge is -2.21. The third kappa shape index (κ3) is 2.56. The molecule has 2 rings (SSSR count). The Morgan fingerprint density at radius 1 is 1.20 bits per heavy atom. The van der Waals surface area contributed by atoms with Crippen molar-refractivity contribution >= 4 is 23.0 Å². The molecule has 0 saturated heterocycles. The number of rotatable bonds is 3. The number of hydrogen-bond acceptors (Lipinski definition) is 3. The Hall–Kier alpha value is -2.56. The summed E-state index contributed by atoms with van der Waals surface area (Å²) in [5.41, 5.74) is 13.1. The minimum Gasteiger partial charge on any atom is -0.398 e. The minimum atomic E-state index is -0.680. The summed E-state index contributed by atoms with van der Waals surface area (Å²) in [5, 5.41) is 0. The number of primary amides is 1. The van der Waals surface area contributed by atoms with Gasteiger partial charge in [-0.2, -0.15) is 0 Å². The van der Waals surface area contributed by atoms with Crippen molar-refractivity contribution in [3.63, 3.8) is 0 Å².